The Bertz CT molecular complexity index is 403. The second-order valence-electron chi connectivity index (χ2n) is 4.85. The number of urea groups is 1. The van der Waals surface area contributed by atoms with Gasteiger partial charge < -0.3 is 15.0 Å². The largest absolute Gasteiger partial charge is 0.497 e. The Hall–Kier alpha value is -1.71. The number of hydrogen-bond acceptors (Lipinski definition) is 2. The Morgan fingerprint density at radius 2 is 2.11 bits per heavy atom. The molecule has 0 aromatic heterocycles. The third-order valence-electron chi connectivity index (χ3n) is 3.29. The van der Waals surface area contributed by atoms with Crippen LogP contribution in [0.25, 0.3) is 0 Å². The molecule has 2 amide bonds. The third-order valence-corrected chi connectivity index (χ3v) is 3.29. The van der Waals surface area contributed by atoms with Gasteiger partial charge in [-0.25, -0.2) is 4.79 Å². The van der Waals surface area contributed by atoms with E-state index in [2.05, 4.69) is 12.2 Å². The molecule has 0 unspecified atom stereocenters. The van der Waals surface area contributed by atoms with E-state index in [0.29, 0.717) is 5.92 Å². The van der Waals surface area contributed by atoms with Gasteiger partial charge in [0.25, 0.3) is 0 Å². The summed E-state index contributed by atoms with van der Waals surface area (Å²) in [5.74, 6) is 1.39. The second-order valence-corrected chi connectivity index (χ2v) is 4.85. The van der Waals surface area contributed by atoms with E-state index in [0.717, 1.165) is 30.9 Å². The van der Waals surface area contributed by atoms with Crippen molar-refractivity contribution in [3.05, 3.63) is 24.3 Å². The summed E-state index contributed by atoms with van der Waals surface area (Å²) < 4.78 is 5.08. The van der Waals surface area contributed by atoms with Gasteiger partial charge in [0.2, 0.25) is 0 Å². The van der Waals surface area contributed by atoms with Crippen molar-refractivity contribution in [1.29, 1.82) is 0 Å². The highest BCUT2D eigenvalue weighted by atomic mass is 16.5. The Morgan fingerprint density at radius 3 is 2.72 bits per heavy atom. The number of rotatable bonds is 2. The van der Waals surface area contributed by atoms with Crippen molar-refractivity contribution in [2.24, 2.45) is 5.92 Å². The number of anilines is 1. The molecule has 1 saturated heterocycles. The van der Waals surface area contributed by atoms with Crippen LogP contribution in [-0.2, 0) is 0 Å². The van der Waals surface area contributed by atoms with E-state index >= 15 is 0 Å². The minimum Gasteiger partial charge on any atom is -0.497 e. The lowest BCUT2D eigenvalue weighted by Crippen LogP contribution is -2.41. The number of methoxy groups -OCH3 is 1. The maximum Gasteiger partial charge on any atom is 0.321 e. The van der Waals surface area contributed by atoms with E-state index in [1.807, 2.05) is 29.2 Å². The minimum absolute atomic E-state index is 0.00767. The monoisotopic (exact) mass is 248 g/mol. The molecular weight excluding hydrogens is 228 g/mol. The van der Waals surface area contributed by atoms with Crippen LogP contribution in [0, 0.1) is 5.92 Å². The first-order valence-corrected chi connectivity index (χ1v) is 6.39. The maximum atomic E-state index is 12.1. The van der Waals surface area contributed by atoms with Crippen LogP contribution in [0.1, 0.15) is 19.8 Å². The smallest absolute Gasteiger partial charge is 0.321 e. The van der Waals surface area contributed by atoms with Gasteiger partial charge in [0.1, 0.15) is 5.75 Å². The molecule has 1 aliphatic rings. The molecule has 1 aromatic rings. The predicted octanol–water partition coefficient (Wildman–Crippen LogP) is 2.96. The molecule has 0 bridgehead atoms. The van der Waals surface area contributed by atoms with Gasteiger partial charge in [0.15, 0.2) is 0 Å². The van der Waals surface area contributed by atoms with Crippen LogP contribution in [0.3, 0.4) is 0 Å². The highest BCUT2D eigenvalue weighted by Crippen LogP contribution is 2.18. The summed E-state index contributed by atoms with van der Waals surface area (Å²) in [6.45, 7) is 3.89. The molecule has 1 N–H and O–H groups in total. The molecule has 0 spiro atoms. The fourth-order valence-electron chi connectivity index (χ4n) is 2.25. The van der Waals surface area contributed by atoms with Crippen molar-refractivity contribution in [2.75, 3.05) is 25.5 Å². The summed E-state index contributed by atoms with van der Waals surface area (Å²) in [4.78, 5) is 13.9. The fraction of sp³-hybridized carbons (Fsp3) is 0.500. The van der Waals surface area contributed by atoms with Crippen molar-refractivity contribution in [3.8, 4) is 5.75 Å². The number of benzene rings is 1. The van der Waals surface area contributed by atoms with Gasteiger partial charge in [0, 0.05) is 18.8 Å². The SMILES string of the molecule is COc1ccc(NC(=O)N2CCC[C@@H](C)C2)cc1. The van der Waals surface area contributed by atoms with Crippen molar-refractivity contribution in [3.63, 3.8) is 0 Å². The molecule has 1 fully saturated rings. The average molecular weight is 248 g/mol. The van der Waals surface area contributed by atoms with E-state index in [-0.39, 0.29) is 6.03 Å². The van der Waals surface area contributed by atoms with Crippen molar-refractivity contribution in [1.82, 2.24) is 4.90 Å². The van der Waals surface area contributed by atoms with Gasteiger partial charge >= 0.3 is 6.03 Å². The Balaban J connectivity index is 1.93. The van der Waals surface area contributed by atoms with Crippen LogP contribution >= 0.6 is 0 Å². The molecule has 2 rings (SSSR count). The summed E-state index contributed by atoms with van der Waals surface area (Å²) in [5.41, 5.74) is 0.805. The van der Waals surface area contributed by atoms with Crippen LogP contribution in [0.5, 0.6) is 5.75 Å². The highest BCUT2D eigenvalue weighted by molar-refractivity contribution is 5.89. The van der Waals surface area contributed by atoms with Gasteiger partial charge in [-0.2, -0.15) is 0 Å². The number of carbonyl (C=O) groups is 1. The van der Waals surface area contributed by atoms with Crippen LogP contribution in [0.4, 0.5) is 10.5 Å². The molecule has 4 heteroatoms. The molecule has 1 aliphatic heterocycles. The summed E-state index contributed by atoms with van der Waals surface area (Å²) in [6.07, 6.45) is 2.31. The molecule has 1 heterocycles. The number of nitrogens with one attached hydrogen (secondary N) is 1. The fourth-order valence-corrected chi connectivity index (χ4v) is 2.25. The molecule has 0 saturated carbocycles. The normalized spacial score (nSPS) is 19.4. The summed E-state index contributed by atoms with van der Waals surface area (Å²) in [6, 6.07) is 7.38. The molecule has 98 valence electrons. The lowest BCUT2D eigenvalue weighted by Gasteiger charge is -2.30. The lowest BCUT2D eigenvalue weighted by molar-refractivity contribution is 0.182. The zero-order chi connectivity index (χ0) is 13.0. The minimum atomic E-state index is -0.00767. The van der Waals surface area contributed by atoms with Crippen molar-refractivity contribution < 1.29 is 9.53 Å². The van der Waals surface area contributed by atoms with Crippen molar-refractivity contribution >= 4 is 11.7 Å². The van der Waals surface area contributed by atoms with Crippen LogP contribution in [0.2, 0.25) is 0 Å². The first-order valence-electron chi connectivity index (χ1n) is 6.39. The molecular formula is C14H20N2O2. The number of nitrogens with zero attached hydrogens (tertiary/aromatic N) is 1. The number of piperidine rings is 1. The standard InChI is InChI=1S/C14H20N2O2/c1-11-4-3-9-16(10-11)14(17)15-12-5-7-13(18-2)8-6-12/h5-8,11H,3-4,9-10H2,1-2H3,(H,15,17)/t11-/m1/s1. The zero-order valence-electron chi connectivity index (χ0n) is 11.0. The van der Waals surface area contributed by atoms with Gasteiger partial charge in [-0.1, -0.05) is 6.92 Å². The summed E-state index contributed by atoms with van der Waals surface area (Å²) >= 11 is 0. The number of ether oxygens (including phenoxy) is 1. The van der Waals surface area contributed by atoms with E-state index in [4.69, 9.17) is 4.74 Å². The molecule has 4 nitrogen and oxygen atoms in total. The highest BCUT2D eigenvalue weighted by Gasteiger charge is 2.20. The first kappa shape index (κ1) is 12.7. The van der Waals surface area contributed by atoms with E-state index < -0.39 is 0 Å². The van der Waals surface area contributed by atoms with E-state index in [1.165, 1.54) is 6.42 Å². The van der Waals surface area contributed by atoms with Crippen molar-refractivity contribution in [2.45, 2.75) is 19.8 Å². The van der Waals surface area contributed by atoms with Crippen LogP contribution in [-0.4, -0.2) is 31.1 Å². The van der Waals surface area contributed by atoms with E-state index in [9.17, 15) is 4.79 Å². The van der Waals surface area contributed by atoms with Crippen LogP contribution in [0.15, 0.2) is 24.3 Å². The third kappa shape index (κ3) is 3.15. The van der Waals surface area contributed by atoms with Crippen LogP contribution < -0.4 is 10.1 Å². The first-order chi connectivity index (χ1) is 8.69. The predicted molar refractivity (Wildman–Crippen MR) is 72.0 cm³/mol. The lowest BCUT2D eigenvalue weighted by atomic mass is 10.0. The number of hydrogen-bond donors (Lipinski definition) is 1. The van der Waals surface area contributed by atoms with Gasteiger partial charge in [0.05, 0.1) is 7.11 Å². The summed E-state index contributed by atoms with van der Waals surface area (Å²) in [7, 11) is 1.63. The van der Waals surface area contributed by atoms with E-state index in [1.54, 1.807) is 7.11 Å². The molecule has 18 heavy (non-hydrogen) atoms. The van der Waals surface area contributed by atoms with Gasteiger partial charge in [-0.15, -0.1) is 0 Å². The van der Waals surface area contributed by atoms with Gasteiger partial charge in [-0.3, -0.25) is 0 Å². The zero-order valence-corrected chi connectivity index (χ0v) is 11.0. The van der Waals surface area contributed by atoms with Gasteiger partial charge in [-0.05, 0) is 43.0 Å². The Kier molecular flexibility index (Phi) is 4.07. The topological polar surface area (TPSA) is 41.6 Å². The number of carbonyl (C=O) groups excluding carboxylic acids is 1. The average Bonchev–Trinajstić information content (AvgIpc) is 2.39. The number of likely N-dealkylation sites (tertiary alicyclic amines) is 1. The quantitative estimate of drug-likeness (QED) is 0.874. The molecule has 1 aromatic carbocycles. The summed E-state index contributed by atoms with van der Waals surface area (Å²) in [5, 5.41) is 2.91. The molecule has 0 aliphatic carbocycles. The second kappa shape index (κ2) is 5.76. The Morgan fingerprint density at radius 1 is 1.39 bits per heavy atom. The molecule has 0 radical (unpaired) electrons. The molecule has 1 atom stereocenters. The Labute approximate surface area is 108 Å². The maximum absolute atomic E-state index is 12.1. The number of amides is 2.